The van der Waals surface area contributed by atoms with Crippen LogP contribution in [-0.2, 0) is 15.8 Å². The zero-order valence-electron chi connectivity index (χ0n) is 21.0. The van der Waals surface area contributed by atoms with Crippen molar-refractivity contribution in [2.75, 3.05) is 13.7 Å². The number of carbonyl (C=O) groups is 1. The first-order valence-electron chi connectivity index (χ1n) is 11.7. The van der Waals surface area contributed by atoms with Gasteiger partial charge in [-0.05, 0) is 56.0 Å². The van der Waals surface area contributed by atoms with E-state index in [-0.39, 0.29) is 11.1 Å². The van der Waals surface area contributed by atoms with Gasteiger partial charge in [0.2, 0.25) is 0 Å². The smallest absolute Gasteiger partial charge is 0.341 e. The minimum atomic E-state index is -2.73. The standard InChI is InChI=1S/C28H34BrNO4Si/c1-20(18-30)34-26-24(27(31)32-5)16-21(17-25(26)29)19-33-35(28(2,3)4,22-12-8-6-9-13-22)23-14-10-7-11-15-23/h6-17,20H,18-19,30H2,1-5H3. The average Bonchev–Trinajstić information content (AvgIpc) is 2.85. The molecule has 3 aromatic rings. The van der Waals surface area contributed by atoms with Crippen LogP contribution in [0.2, 0.25) is 5.04 Å². The summed E-state index contributed by atoms with van der Waals surface area (Å²) in [5, 5.41) is 2.24. The van der Waals surface area contributed by atoms with E-state index >= 15 is 0 Å². The lowest BCUT2D eigenvalue weighted by molar-refractivity contribution is 0.0593. The molecule has 35 heavy (non-hydrogen) atoms. The molecule has 0 bridgehead atoms. The third-order valence-electron chi connectivity index (χ3n) is 6.03. The van der Waals surface area contributed by atoms with Crippen molar-refractivity contribution < 1.29 is 18.7 Å². The molecule has 3 rings (SSSR count). The maximum Gasteiger partial charge on any atom is 0.341 e. The second-order valence-corrected chi connectivity index (χ2v) is 14.7. The molecule has 5 nitrogen and oxygen atoms in total. The van der Waals surface area contributed by atoms with Crippen molar-refractivity contribution in [1.29, 1.82) is 0 Å². The van der Waals surface area contributed by atoms with Gasteiger partial charge in [-0.1, -0.05) is 81.4 Å². The van der Waals surface area contributed by atoms with Crippen molar-refractivity contribution in [3.63, 3.8) is 0 Å². The van der Waals surface area contributed by atoms with Crippen LogP contribution in [0.5, 0.6) is 5.75 Å². The van der Waals surface area contributed by atoms with Crippen molar-refractivity contribution in [1.82, 2.24) is 0 Å². The van der Waals surface area contributed by atoms with Crippen molar-refractivity contribution >= 4 is 40.6 Å². The Labute approximate surface area is 217 Å². The Morgan fingerprint density at radius 2 is 1.54 bits per heavy atom. The van der Waals surface area contributed by atoms with Crippen LogP contribution in [-0.4, -0.2) is 34.0 Å². The molecule has 0 amide bonds. The number of rotatable bonds is 9. The summed E-state index contributed by atoms with van der Waals surface area (Å²) < 4.78 is 18.7. The van der Waals surface area contributed by atoms with Crippen LogP contribution >= 0.6 is 15.9 Å². The summed E-state index contributed by atoms with van der Waals surface area (Å²) in [7, 11) is -1.37. The molecule has 1 atom stereocenters. The van der Waals surface area contributed by atoms with Crippen molar-refractivity contribution in [2.24, 2.45) is 5.73 Å². The van der Waals surface area contributed by atoms with E-state index in [2.05, 4.69) is 85.2 Å². The van der Waals surface area contributed by atoms with E-state index in [4.69, 9.17) is 19.6 Å². The van der Waals surface area contributed by atoms with Crippen molar-refractivity contribution in [3.05, 3.63) is 88.4 Å². The normalized spacial score (nSPS) is 12.8. The van der Waals surface area contributed by atoms with Crippen molar-refractivity contribution in [3.8, 4) is 5.75 Å². The van der Waals surface area contributed by atoms with E-state index in [1.807, 2.05) is 25.1 Å². The van der Waals surface area contributed by atoms with Crippen LogP contribution in [0.15, 0.2) is 77.3 Å². The Kier molecular flexibility index (Phi) is 8.93. The Hall–Kier alpha value is -2.45. The molecule has 0 saturated heterocycles. The maximum atomic E-state index is 12.6. The molecule has 0 aliphatic heterocycles. The second-order valence-electron chi connectivity index (χ2n) is 9.56. The fraction of sp³-hybridized carbons (Fsp3) is 0.321. The maximum absolute atomic E-state index is 12.6. The Morgan fingerprint density at radius 3 is 2.00 bits per heavy atom. The molecule has 3 aromatic carbocycles. The highest BCUT2D eigenvalue weighted by molar-refractivity contribution is 9.10. The predicted molar refractivity (Wildman–Crippen MR) is 147 cm³/mol. The zero-order valence-corrected chi connectivity index (χ0v) is 23.6. The largest absolute Gasteiger partial charge is 0.487 e. The molecule has 0 spiro atoms. The highest BCUT2D eigenvalue weighted by Gasteiger charge is 2.50. The number of esters is 1. The first-order chi connectivity index (χ1) is 16.6. The minimum Gasteiger partial charge on any atom is -0.487 e. The minimum absolute atomic E-state index is 0.155. The van der Waals surface area contributed by atoms with Gasteiger partial charge in [-0.3, -0.25) is 0 Å². The van der Waals surface area contributed by atoms with Gasteiger partial charge in [-0.15, -0.1) is 0 Å². The van der Waals surface area contributed by atoms with Crippen molar-refractivity contribution in [2.45, 2.75) is 45.4 Å². The molecular formula is C28H34BrNO4Si. The van der Waals surface area contributed by atoms with Gasteiger partial charge < -0.3 is 19.6 Å². The summed E-state index contributed by atoms with van der Waals surface area (Å²) in [6, 6.07) is 24.6. The summed E-state index contributed by atoms with van der Waals surface area (Å²) in [5.41, 5.74) is 6.92. The van der Waals surface area contributed by atoms with Crippen LogP contribution in [0.25, 0.3) is 0 Å². The molecular weight excluding hydrogens is 522 g/mol. The van der Waals surface area contributed by atoms with E-state index < -0.39 is 14.3 Å². The first-order valence-corrected chi connectivity index (χ1v) is 14.4. The molecule has 1 unspecified atom stereocenters. The topological polar surface area (TPSA) is 70.8 Å². The van der Waals surface area contributed by atoms with E-state index in [9.17, 15) is 4.79 Å². The number of methoxy groups -OCH3 is 1. The van der Waals surface area contributed by atoms with Gasteiger partial charge >= 0.3 is 5.97 Å². The van der Waals surface area contributed by atoms with E-state index in [0.717, 1.165) is 5.56 Å². The SMILES string of the molecule is COC(=O)c1cc(CO[Si](c2ccccc2)(c2ccccc2)C(C)(C)C)cc(Br)c1OC(C)CN. The fourth-order valence-corrected chi connectivity index (χ4v) is 9.46. The summed E-state index contributed by atoms with van der Waals surface area (Å²) in [6.45, 7) is 9.21. The van der Waals surface area contributed by atoms with Gasteiger partial charge in [0.25, 0.3) is 8.32 Å². The van der Waals surface area contributed by atoms with Gasteiger partial charge in [-0.2, -0.15) is 0 Å². The third kappa shape index (κ3) is 5.86. The number of ether oxygens (including phenoxy) is 2. The van der Waals surface area contributed by atoms with Gasteiger partial charge in [0.05, 0.1) is 18.2 Å². The number of hydrogen-bond donors (Lipinski definition) is 1. The van der Waals surface area contributed by atoms with E-state index in [1.54, 1.807) is 6.07 Å². The van der Waals surface area contributed by atoms with Crippen LogP contribution in [0.3, 0.4) is 0 Å². The van der Waals surface area contributed by atoms with E-state index in [0.29, 0.717) is 28.9 Å². The summed E-state index contributed by atoms with van der Waals surface area (Å²) in [6.07, 6.45) is -0.256. The predicted octanol–water partition coefficient (Wildman–Crippen LogP) is 5.04. The number of halogens is 1. The molecule has 2 N–H and O–H groups in total. The molecule has 0 saturated carbocycles. The van der Waals surface area contributed by atoms with Crippen LogP contribution < -0.4 is 20.8 Å². The van der Waals surface area contributed by atoms with E-state index in [1.165, 1.54) is 17.5 Å². The summed E-state index contributed by atoms with van der Waals surface area (Å²) >= 11 is 3.59. The first kappa shape index (κ1) is 27.1. The van der Waals surface area contributed by atoms with Crippen LogP contribution in [0.1, 0.15) is 43.6 Å². The quantitative estimate of drug-likeness (QED) is 0.296. The molecule has 0 fully saturated rings. The number of carbonyl (C=O) groups excluding carboxylic acids is 1. The molecule has 0 radical (unpaired) electrons. The molecule has 186 valence electrons. The van der Waals surface area contributed by atoms with Gasteiger partial charge in [0.1, 0.15) is 17.4 Å². The molecule has 0 heterocycles. The Bertz CT molecular complexity index is 1090. The average molecular weight is 557 g/mol. The fourth-order valence-electron chi connectivity index (χ4n) is 4.32. The summed E-state index contributed by atoms with van der Waals surface area (Å²) in [5.74, 6) is -0.0544. The highest BCUT2D eigenvalue weighted by Crippen LogP contribution is 2.38. The third-order valence-corrected chi connectivity index (χ3v) is 11.6. The van der Waals surface area contributed by atoms with Gasteiger partial charge in [0.15, 0.2) is 0 Å². The van der Waals surface area contributed by atoms with Gasteiger partial charge in [-0.25, -0.2) is 4.79 Å². The Balaban J connectivity index is 2.09. The second kappa shape index (κ2) is 11.5. The summed E-state index contributed by atoms with van der Waals surface area (Å²) in [4.78, 5) is 12.6. The lowest BCUT2D eigenvalue weighted by atomic mass is 10.1. The number of benzene rings is 3. The Morgan fingerprint density at radius 1 is 1.00 bits per heavy atom. The monoisotopic (exact) mass is 555 g/mol. The highest BCUT2D eigenvalue weighted by atomic mass is 79.9. The van der Waals surface area contributed by atoms with Crippen LogP contribution in [0, 0.1) is 0 Å². The lowest BCUT2D eigenvalue weighted by Crippen LogP contribution is -2.66. The lowest BCUT2D eigenvalue weighted by Gasteiger charge is -2.43. The molecule has 0 aromatic heterocycles. The van der Waals surface area contributed by atoms with Crippen LogP contribution in [0.4, 0.5) is 0 Å². The zero-order chi connectivity index (χ0) is 25.6. The number of nitrogens with two attached hydrogens (primary N) is 1. The molecule has 0 aliphatic carbocycles. The number of hydrogen-bond acceptors (Lipinski definition) is 5. The van der Waals surface area contributed by atoms with Gasteiger partial charge in [0, 0.05) is 6.54 Å². The molecule has 7 heteroatoms. The molecule has 0 aliphatic rings.